The lowest BCUT2D eigenvalue weighted by molar-refractivity contribution is -0.384. The van der Waals surface area contributed by atoms with Crippen LogP contribution < -0.4 is 4.90 Å². The van der Waals surface area contributed by atoms with E-state index in [1.165, 1.54) is 38.5 Å². The van der Waals surface area contributed by atoms with Crippen molar-refractivity contribution in [3.63, 3.8) is 0 Å². The van der Waals surface area contributed by atoms with Crippen LogP contribution in [0.1, 0.15) is 64.2 Å². The topological polar surface area (TPSA) is 86.7 Å². The minimum absolute atomic E-state index is 0.0579. The van der Waals surface area contributed by atoms with Crippen molar-refractivity contribution in [1.29, 1.82) is 0 Å². The van der Waals surface area contributed by atoms with Gasteiger partial charge >= 0.3 is 0 Å². The average Bonchev–Trinajstić information content (AvgIpc) is 3.30. The first kappa shape index (κ1) is 26.9. The fraction of sp³-hybridized carbons (Fsp3) is 0.364. The molecule has 0 atom stereocenters. The van der Waals surface area contributed by atoms with E-state index >= 15 is 0 Å². The third-order valence-electron chi connectivity index (χ3n) is 8.17. The highest BCUT2D eigenvalue weighted by Gasteiger charge is 2.44. The van der Waals surface area contributed by atoms with Gasteiger partial charge in [0.25, 0.3) is 5.69 Å². The second kappa shape index (κ2) is 12.5. The van der Waals surface area contributed by atoms with Crippen molar-refractivity contribution < 1.29 is 4.92 Å². The normalized spacial score (nSPS) is 21.7. The molecule has 0 aromatic heterocycles. The standard InChI is InChI=1S/C33H36N6O2/c40-39(41)30-23-21-29(22-24-30)38-32(35-26-15-7-2-8-16-26)31(34-25-13-5-1-6-14-25)37(28-19-11-4-12-20-28)33(38)36-27-17-9-3-10-18-27/h1-2,5-8,13-16,21-24,27-28H,3-4,9-12,17-20H2. The van der Waals surface area contributed by atoms with E-state index in [9.17, 15) is 10.1 Å². The molecule has 0 bridgehead atoms. The lowest BCUT2D eigenvalue weighted by Crippen LogP contribution is -2.44. The Hall–Kier alpha value is -4.33. The second-order valence-electron chi connectivity index (χ2n) is 11.0. The zero-order chi connectivity index (χ0) is 28.0. The summed E-state index contributed by atoms with van der Waals surface area (Å²) in [7, 11) is 0. The van der Waals surface area contributed by atoms with E-state index in [0.29, 0.717) is 5.84 Å². The van der Waals surface area contributed by atoms with Crippen LogP contribution in [-0.4, -0.2) is 39.5 Å². The summed E-state index contributed by atoms with van der Waals surface area (Å²) in [5.41, 5.74) is 2.52. The van der Waals surface area contributed by atoms with Crippen LogP contribution in [0.25, 0.3) is 0 Å². The fourth-order valence-corrected chi connectivity index (χ4v) is 6.09. The number of non-ortho nitro benzene ring substituents is 1. The molecule has 1 heterocycles. The molecule has 210 valence electrons. The van der Waals surface area contributed by atoms with Crippen molar-refractivity contribution >= 4 is 40.4 Å². The van der Waals surface area contributed by atoms with Gasteiger partial charge in [-0.1, -0.05) is 74.9 Å². The maximum absolute atomic E-state index is 11.5. The molecule has 2 saturated carbocycles. The Bertz CT molecular complexity index is 1420. The van der Waals surface area contributed by atoms with E-state index in [1.807, 2.05) is 60.7 Å². The zero-order valence-corrected chi connectivity index (χ0v) is 23.3. The Morgan fingerprint density at radius 3 is 1.76 bits per heavy atom. The first-order valence-electron chi connectivity index (χ1n) is 14.9. The minimum Gasteiger partial charge on any atom is -0.290 e. The van der Waals surface area contributed by atoms with E-state index in [-0.39, 0.29) is 22.7 Å². The maximum atomic E-state index is 11.5. The molecule has 0 amide bonds. The number of amidine groups is 2. The Morgan fingerprint density at radius 1 is 0.659 bits per heavy atom. The summed E-state index contributed by atoms with van der Waals surface area (Å²) >= 11 is 0. The van der Waals surface area contributed by atoms with Crippen LogP contribution in [0.3, 0.4) is 0 Å². The number of anilines is 1. The largest absolute Gasteiger partial charge is 0.290 e. The summed E-state index contributed by atoms with van der Waals surface area (Å²) in [6, 6.07) is 27.1. The lowest BCUT2D eigenvalue weighted by Gasteiger charge is -2.33. The quantitative estimate of drug-likeness (QED) is 0.229. The zero-order valence-electron chi connectivity index (χ0n) is 23.3. The molecule has 8 nitrogen and oxygen atoms in total. The number of hydrogen-bond acceptors (Lipinski definition) is 5. The van der Waals surface area contributed by atoms with Gasteiger partial charge in [0.2, 0.25) is 5.96 Å². The van der Waals surface area contributed by atoms with Crippen molar-refractivity contribution in [2.24, 2.45) is 15.0 Å². The molecule has 0 spiro atoms. The molecule has 6 rings (SSSR count). The number of hydrogen-bond donors (Lipinski definition) is 0. The summed E-state index contributed by atoms with van der Waals surface area (Å²) in [6.07, 6.45) is 11.4. The molecule has 2 aliphatic carbocycles. The Morgan fingerprint density at radius 2 is 1.20 bits per heavy atom. The first-order chi connectivity index (χ1) is 20.2. The molecule has 3 fully saturated rings. The average molecular weight is 549 g/mol. The first-order valence-corrected chi connectivity index (χ1v) is 14.9. The van der Waals surface area contributed by atoms with Crippen LogP contribution in [-0.2, 0) is 0 Å². The SMILES string of the molecule is O=[N+]([O-])c1ccc(N2C(=Nc3ccccc3)C(=Nc3ccccc3)N(C3CCCCC3)C2=NC2CCCCC2)cc1. The van der Waals surface area contributed by atoms with E-state index in [2.05, 4.69) is 9.80 Å². The van der Waals surface area contributed by atoms with Crippen molar-refractivity contribution in [2.45, 2.75) is 76.3 Å². The van der Waals surface area contributed by atoms with Gasteiger partial charge in [0.1, 0.15) is 0 Å². The van der Waals surface area contributed by atoms with Crippen LogP contribution in [0.5, 0.6) is 0 Å². The number of para-hydroxylation sites is 2. The summed E-state index contributed by atoms with van der Waals surface area (Å²) in [5.74, 6) is 2.30. The van der Waals surface area contributed by atoms with Crippen molar-refractivity contribution in [3.8, 4) is 0 Å². The van der Waals surface area contributed by atoms with Crippen LogP contribution in [0.2, 0.25) is 0 Å². The van der Waals surface area contributed by atoms with Crippen molar-refractivity contribution in [2.75, 3.05) is 4.90 Å². The molecule has 3 aliphatic rings. The van der Waals surface area contributed by atoms with Crippen LogP contribution >= 0.6 is 0 Å². The Labute approximate surface area is 241 Å². The predicted molar refractivity (Wildman–Crippen MR) is 166 cm³/mol. The van der Waals surface area contributed by atoms with Crippen LogP contribution in [0.15, 0.2) is 99.9 Å². The van der Waals surface area contributed by atoms with E-state index < -0.39 is 0 Å². The number of aliphatic imine (C=N–C) groups is 3. The fourth-order valence-electron chi connectivity index (χ4n) is 6.09. The van der Waals surface area contributed by atoms with E-state index in [4.69, 9.17) is 15.0 Å². The summed E-state index contributed by atoms with van der Waals surface area (Å²) in [5, 5.41) is 11.5. The van der Waals surface area contributed by atoms with Gasteiger partial charge in [0.05, 0.1) is 28.0 Å². The third kappa shape index (κ3) is 6.06. The highest BCUT2D eigenvalue weighted by Crippen LogP contribution is 2.35. The van der Waals surface area contributed by atoms with E-state index in [0.717, 1.165) is 54.5 Å². The molecular weight excluding hydrogens is 512 g/mol. The van der Waals surface area contributed by atoms with Crippen molar-refractivity contribution in [1.82, 2.24) is 4.90 Å². The molecule has 0 radical (unpaired) electrons. The van der Waals surface area contributed by atoms with Gasteiger partial charge in [0, 0.05) is 18.2 Å². The maximum Gasteiger partial charge on any atom is 0.269 e. The molecular formula is C33H36N6O2. The molecule has 0 unspecified atom stereocenters. The van der Waals surface area contributed by atoms with Gasteiger partial charge in [0.15, 0.2) is 11.7 Å². The van der Waals surface area contributed by atoms with Gasteiger partial charge in [-0.05, 0) is 62.1 Å². The number of nitro benzene ring substituents is 1. The molecule has 1 saturated heterocycles. The highest BCUT2D eigenvalue weighted by molar-refractivity contribution is 6.57. The summed E-state index contributed by atoms with van der Waals surface area (Å²) in [4.78, 5) is 31.5. The number of benzene rings is 3. The molecule has 41 heavy (non-hydrogen) atoms. The van der Waals surface area contributed by atoms with Gasteiger partial charge in [-0.25, -0.2) is 15.0 Å². The number of guanidine groups is 1. The van der Waals surface area contributed by atoms with Crippen LogP contribution in [0.4, 0.5) is 22.7 Å². The van der Waals surface area contributed by atoms with Gasteiger partial charge in [-0.2, -0.15) is 0 Å². The summed E-state index contributed by atoms with van der Waals surface area (Å²) in [6.45, 7) is 0. The molecule has 3 aromatic carbocycles. The Balaban J connectivity index is 1.58. The lowest BCUT2D eigenvalue weighted by atomic mass is 9.94. The van der Waals surface area contributed by atoms with Crippen LogP contribution in [0, 0.1) is 10.1 Å². The summed E-state index contributed by atoms with van der Waals surface area (Å²) < 4.78 is 0. The van der Waals surface area contributed by atoms with E-state index in [1.54, 1.807) is 24.3 Å². The highest BCUT2D eigenvalue weighted by atomic mass is 16.6. The van der Waals surface area contributed by atoms with Crippen molar-refractivity contribution in [3.05, 3.63) is 95.0 Å². The smallest absolute Gasteiger partial charge is 0.269 e. The number of nitro groups is 1. The van der Waals surface area contributed by atoms with Gasteiger partial charge < -0.3 is 0 Å². The van der Waals surface area contributed by atoms with Gasteiger partial charge in [-0.3, -0.25) is 19.9 Å². The molecule has 0 N–H and O–H groups in total. The molecule has 8 heteroatoms. The number of nitrogens with zero attached hydrogens (tertiary/aromatic N) is 6. The minimum atomic E-state index is -0.361. The molecule has 3 aromatic rings. The number of rotatable bonds is 6. The monoisotopic (exact) mass is 548 g/mol. The molecule has 1 aliphatic heterocycles. The van der Waals surface area contributed by atoms with Gasteiger partial charge in [-0.15, -0.1) is 0 Å². The Kier molecular flexibility index (Phi) is 8.16. The second-order valence-corrected chi connectivity index (χ2v) is 11.0. The third-order valence-corrected chi connectivity index (χ3v) is 8.17. The predicted octanol–water partition coefficient (Wildman–Crippen LogP) is 8.20.